The van der Waals surface area contributed by atoms with Gasteiger partial charge >= 0.3 is 6.18 Å². The fourth-order valence-corrected chi connectivity index (χ4v) is 5.98. The van der Waals surface area contributed by atoms with Crippen LogP contribution < -0.4 is 16.5 Å². The van der Waals surface area contributed by atoms with Crippen LogP contribution in [0.3, 0.4) is 0 Å². The normalized spacial score (nSPS) is 24.2. The molecule has 2 aromatic heterocycles. The molecular weight excluding hydrogens is 497 g/mol. The number of nitrogens with one attached hydrogen (secondary N) is 1. The number of hydrogen-bond donors (Lipinski definition) is 3. The second-order valence-corrected chi connectivity index (χ2v) is 10.5. The van der Waals surface area contributed by atoms with Crippen molar-refractivity contribution in [2.24, 2.45) is 16.3 Å². The van der Waals surface area contributed by atoms with E-state index >= 15 is 0 Å². The van der Waals surface area contributed by atoms with Crippen LogP contribution in [0.4, 0.5) is 18.9 Å². The summed E-state index contributed by atoms with van der Waals surface area (Å²) in [6.07, 6.45) is -4.45. The maximum Gasteiger partial charge on any atom is 0.394 e. The molecule has 3 fully saturated rings. The number of nitrogens with two attached hydrogens (primary N) is 1. The third-order valence-electron chi connectivity index (χ3n) is 7.56. The number of oxime groups is 1. The number of amidine groups is 1. The summed E-state index contributed by atoms with van der Waals surface area (Å²) in [5.41, 5.74) is 5.79. The highest BCUT2D eigenvalue weighted by Gasteiger charge is 2.80. The SMILES string of the molecule is Cc1cc(C(C)Nc2ccc(Cl)nc2C(N)=NO)c2oc(C34CC(C(F)(F)F)(C3)C4)c(C)c(=O)c2c1. The van der Waals surface area contributed by atoms with Gasteiger partial charge in [0.2, 0.25) is 0 Å². The lowest BCUT2D eigenvalue weighted by atomic mass is 9.34. The summed E-state index contributed by atoms with van der Waals surface area (Å²) >= 11 is 5.97. The number of benzene rings is 1. The highest BCUT2D eigenvalue weighted by Crippen LogP contribution is 2.78. The number of halogens is 4. The number of anilines is 1. The van der Waals surface area contributed by atoms with Crippen LogP contribution >= 0.6 is 11.6 Å². The third-order valence-corrected chi connectivity index (χ3v) is 7.77. The summed E-state index contributed by atoms with van der Waals surface area (Å²) in [7, 11) is 0. The Kier molecular flexibility index (Phi) is 5.34. The van der Waals surface area contributed by atoms with Gasteiger partial charge in [-0.1, -0.05) is 22.8 Å². The molecule has 0 aliphatic heterocycles. The lowest BCUT2D eigenvalue weighted by Crippen LogP contribution is -2.70. The number of alkyl halides is 3. The van der Waals surface area contributed by atoms with Crippen molar-refractivity contribution in [2.75, 3.05) is 5.32 Å². The number of aryl methyl sites for hydroxylation is 1. The van der Waals surface area contributed by atoms with Gasteiger partial charge in [-0.05, 0) is 63.8 Å². The van der Waals surface area contributed by atoms with Gasteiger partial charge in [0.25, 0.3) is 0 Å². The maximum atomic E-state index is 13.5. The van der Waals surface area contributed by atoms with Crippen LogP contribution in [-0.2, 0) is 5.41 Å². The van der Waals surface area contributed by atoms with Crippen molar-refractivity contribution in [3.05, 3.63) is 67.8 Å². The van der Waals surface area contributed by atoms with Crippen LogP contribution in [0.2, 0.25) is 5.15 Å². The number of nitrogens with zero attached hydrogens (tertiary/aromatic N) is 2. The zero-order chi connectivity index (χ0) is 26.2. The zero-order valence-corrected chi connectivity index (χ0v) is 20.5. The minimum Gasteiger partial charge on any atom is -0.460 e. The Morgan fingerprint density at radius 1 is 1.28 bits per heavy atom. The summed E-state index contributed by atoms with van der Waals surface area (Å²) in [5.74, 6) is 0.0990. The van der Waals surface area contributed by atoms with E-state index in [0.717, 1.165) is 5.56 Å². The molecule has 1 atom stereocenters. The van der Waals surface area contributed by atoms with Crippen LogP contribution in [0, 0.1) is 19.3 Å². The van der Waals surface area contributed by atoms with E-state index in [0.29, 0.717) is 33.5 Å². The Balaban J connectivity index is 1.59. The molecule has 3 aliphatic rings. The highest BCUT2D eigenvalue weighted by molar-refractivity contribution is 6.29. The van der Waals surface area contributed by atoms with E-state index in [1.807, 2.05) is 19.9 Å². The third kappa shape index (κ3) is 3.45. The first-order chi connectivity index (χ1) is 16.8. The first kappa shape index (κ1) is 24.4. The molecule has 11 heteroatoms. The number of rotatable bonds is 5. The van der Waals surface area contributed by atoms with Crippen LogP contribution in [-0.4, -0.2) is 22.2 Å². The Morgan fingerprint density at radius 3 is 2.56 bits per heavy atom. The van der Waals surface area contributed by atoms with Gasteiger partial charge in [-0.2, -0.15) is 13.2 Å². The predicted molar refractivity (Wildman–Crippen MR) is 130 cm³/mol. The van der Waals surface area contributed by atoms with E-state index in [2.05, 4.69) is 15.5 Å². The minimum atomic E-state index is -4.26. The lowest BCUT2D eigenvalue weighted by molar-refractivity contribution is -0.340. The van der Waals surface area contributed by atoms with Gasteiger partial charge in [-0.3, -0.25) is 4.79 Å². The molecule has 0 radical (unpaired) electrons. The van der Waals surface area contributed by atoms with Crippen molar-refractivity contribution in [1.82, 2.24) is 4.98 Å². The number of pyridine rings is 1. The van der Waals surface area contributed by atoms with E-state index in [4.69, 9.17) is 27.0 Å². The average molecular weight is 521 g/mol. The molecular formula is C25H24ClF3N4O3. The summed E-state index contributed by atoms with van der Waals surface area (Å²) in [6.45, 7) is 5.30. The number of fused-ring (bicyclic) bond motifs is 1. The van der Waals surface area contributed by atoms with Crippen molar-refractivity contribution >= 4 is 34.1 Å². The average Bonchev–Trinajstić information content (AvgIpc) is 2.74. The zero-order valence-electron chi connectivity index (χ0n) is 19.8. The fraction of sp³-hybridized carbons (Fsp3) is 0.400. The molecule has 0 spiro atoms. The van der Waals surface area contributed by atoms with Gasteiger partial charge in [0.15, 0.2) is 11.3 Å². The maximum absolute atomic E-state index is 13.5. The second kappa shape index (κ2) is 7.86. The molecule has 6 rings (SSSR count). The topological polar surface area (TPSA) is 114 Å². The van der Waals surface area contributed by atoms with E-state index < -0.39 is 23.0 Å². The monoisotopic (exact) mass is 520 g/mol. The molecule has 36 heavy (non-hydrogen) atoms. The molecule has 1 aromatic carbocycles. The first-order valence-electron chi connectivity index (χ1n) is 11.4. The quantitative estimate of drug-likeness (QED) is 0.130. The van der Waals surface area contributed by atoms with Crippen molar-refractivity contribution in [3.8, 4) is 0 Å². The number of hydrogen-bond acceptors (Lipinski definition) is 6. The largest absolute Gasteiger partial charge is 0.460 e. The highest BCUT2D eigenvalue weighted by atomic mass is 35.5. The minimum absolute atomic E-state index is 0.0621. The molecule has 3 saturated carbocycles. The molecule has 2 heterocycles. The molecule has 190 valence electrons. The summed E-state index contributed by atoms with van der Waals surface area (Å²) in [6, 6.07) is 6.29. The van der Waals surface area contributed by atoms with Crippen LogP contribution in [0.25, 0.3) is 11.0 Å². The van der Waals surface area contributed by atoms with Gasteiger partial charge in [-0.25, -0.2) is 4.98 Å². The molecule has 4 N–H and O–H groups in total. The molecule has 7 nitrogen and oxygen atoms in total. The van der Waals surface area contributed by atoms with Crippen molar-refractivity contribution in [2.45, 2.75) is 57.7 Å². The van der Waals surface area contributed by atoms with Crippen LogP contribution in [0.15, 0.2) is 38.6 Å². The van der Waals surface area contributed by atoms with Crippen molar-refractivity contribution in [3.63, 3.8) is 0 Å². The lowest BCUT2D eigenvalue weighted by Gasteiger charge is -2.69. The Labute approximate surface area is 209 Å². The molecule has 0 amide bonds. The molecule has 3 aliphatic carbocycles. The van der Waals surface area contributed by atoms with E-state index in [9.17, 15) is 18.0 Å². The predicted octanol–water partition coefficient (Wildman–Crippen LogP) is 5.71. The summed E-state index contributed by atoms with van der Waals surface area (Å²) in [5, 5.41) is 15.9. The molecule has 3 aromatic rings. The van der Waals surface area contributed by atoms with E-state index in [-0.39, 0.29) is 41.4 Å². The Hall–Kier alpha value is -3.27. The summed E-state index contributed by atoms with van der Waals surface area (Å²) in [4.78, 5) is 17.5. The summed E-state index contributed by atoms with van der Waals surface area (Å²) < 4.78 is 46.7. The van der Waals surface area contributed by atoms with Gasteiger partial charge in [0.1, 0.15) is 22.2 Å². The van der Waals surface area contributed by atoms with Crippen molar-refractivity contribution < 1.29 is 22.8 Å². The van der Waals surface area contributed by atoms with E-state index in [1.165, 1.54) is 0 Å². The fourth-order valence-electron chi connectivity index (χ4n) is 5.83. The second-order valence-electron chi connectivity index (χ2n) is 10.1. The van der Waals surface area contributed by atoms with E-state index in [1.54, 1.807) is 25.1 Å². The van der Waals surface area contributed by atoms with Crippen molar-refractivity contribution in [1.29, 1.82) is 0 Å². The standard InChI is InChI=1S/C25H24ClF3N4O3/c1-11-6-14(13(3)31-16-4-5-17(26)32-18(16)22(30)33-35)20-15(7-11)19(34)12(2)21(36-20)23-8-24(9-23,10-23)25(27,28)29/h4-7,13,31,35H,8-10H2,1-3H3,(H2,30,33). The molecule has 0 saturated heterocycles. The Bertz CT molecular complexity index is 1480. The molecule has 1 unspecified atom stereocenters. The van der Waals surface area contributed by atoms with Gasteiger partial charge in [-0.15, -0.1) is 0 Å². The smallest absolute Gasteiger partial charge is 0.394 e. The molecule has 2 bridgehead atoms. The van der Waals surface area contributed by atoms with Gasteiger partial charge in [0.05, 0.1) is 22.5 Å². The van der Waals surface area contributed by atoms with Gasteiger partial charge < -0.3 is 20.7 Å². The first-order valence-corrected chi connectivity index (χ1v) is 11.7. The van der Waals surface area contributed by atoms with Gasteiger partial charge in [0, 0.05) is 16.5 Å². The van der Waals surface area contributed by atoms with Crippen LogP contribution in [0.5, 0.6) is 0 Å². The van der Waals surface area contributed by atoms with Crippen LogP contribution in [0.1, 0.15) is 60.4 Å². The number of aromatic nitrogens is 1. The Morgan fingerprint density at radius 2 is 1.94 bits per heavy atom.